The van der Waals surface area contributed by atoms with Gasteiger partial charge in [0.15, 0.2) is 0 Å². The van der Waals surface area contributed by atoms with Crippen LogP contribution in [0.3, 0.4) is 0 Å². The lowest BCUT2D eigenvalue weighted by Crippen LogP contribution is -2.44. The summed E-state index contributed by atoms with van der Waals surface area (Å²) >= 11 is 1.75. The quantitative estimate of drug-likeness (QED) is 0.762. The zero-order chi connectivity index (χ0) is 21.2. The summed E-state index contributed by atoms with van der Waals surface area (Å²) in [7, 11) is 0. The monoisotopic (exact) mass is 425 g/mol. The van der Waals surface area contributed by atoms with Crippen LogP contribution in [0.1, 0.15) is 40.7 Å². The number of benzene rings is 1. The number of fused-ring (bicyclic) bond motifs is 1. The molecule has 3 rings (SSSR count). The Balaban J connectivity index is 1.51. The van der Waals surface area contributed by atoms with Crippen molar-refractivity contribution in [3.05, 3.63) is 51.7 Å². The maximum Gasteiger partial charge on any atom is 0.471 e. The minimum Gasteiger partial charge on any atom is -0.351 e. The number of alkyl halides is 3. The van der Waals surface area contributed by atoms with Crippen molar-refractivity contribution in [2.75, 3.05) is 18.4 Å². The molecule has 0 fully saturated rings. The fraction of sp³-hybridized carbons (Fsp3) is 0.400. The topological polar surface area (TPSA) is 61.4 Å². The highest BCUT2D eigenvalue weighted by Crippen LogP contribution is 2.35. The number of halogens is 3. The Morgan fingerprint density at radius 3 is 2.52 bits per heavy atom. The second-order valence-electron chi connectivity index (χ2n) is 7.06. The Morgan fingerprint density at radius 2 is 1.86 bits per heavy atom. The van der Waals surface area contributed by atoms with E-state index < -0.39 is 12.1 Å². The second-order valence-corrected chi connectivity index (χ2v) is 8.01. The summed E-state index contributed by atoms with van der Waals surface area (Å²) < 4.78 is 36.8. The molecule has 156 valence electrons. The van der Waals surface area contributed by atoms with Crippen molar-refractivity contribution < 1.29 is 22.8 Å². The van der Waals surface area contributed by atoms with Crippen LogP contribution >= 0.6 is 11.3 Å². The van der Waals surface area contributed by atoms with Gasteiger partial charge in [0.05, 0.1) is 0 Å². The molecule has 2 atom stereocenters. The molecule has 1 aliphatic rings. The standard InChI is InChI=1S/C20H22F3N3O2S/c1-12-11-15-7-10-29-17(15)13(2)26(12)9-8-24-18(27)14-3-5-16(6-4-14)25-19(28)20(21,22)23/h3-7,10,12-13H,8-9,11H2,1-2H3,(H,24,27)(H,25,28)/t12-,13+/m1/s1. The molecule has 0 aliphatic carbocycles. The summed E-state index contributed by atoms with van der Waals surface area (Å²) in [6.45, 7) is 5.50. The van der Waals surface area contributed by atoms with E-state index in [4.69, 9.17) is 0 Å². The molecule has 9 heteroatoms. The number of carbonyl (C=O) groups excluding carboxylic acids is 2. The molecule has 0 radical (unpaired) electrons. The van der Waals surface area contributed by atoms with Gasteiger partial charge in [-0.05, 0) is 61.5 Å². The van der Waals surface area contributed by atoms with Gasteiger partial charge >= 0.3 is 12.1 Å². The number of amides is 2. The number of rotatable bonds is 5. The van der Waals surface area contributed by atoms with Gasteiger partial charge in [0, 0.05) is 41.3 Å². The maximum absolute atomic E-state index is 12.3. The summed E-state index contributed by atoms with van der Waals surface area (Å²) in [5.41, 5.74) is 1.69. The van der Waals surface area contributed by atoms with Crippen molar-refractivity contribution in [3.63, 3.8) is 0 Å². The van der Waals surface area contributed by atoms with Crippen molar-refractivity contribution in [1.29, 1.82) is 0 Å². The van der Waals surface area contributed by atoms with E-state index in [0.29, 0.717) is 30.7 Å². The molecule has 2 heterocycles. The first-order valence-corrected chi connectivity index (χ1v) is 10.1. The van der Waals surface area contributed by atoms with Crippen LogP contribution in [0, 0.1) is 0 Å². The predicted octanol–water partition coefficient (Wildman–Crippen LogP) is 3.99. The number of anilines is 1. The Bertz CT molecular complexity index is 880. The third-order valence-electron chi connectivity index (χ3n) is 5.06. The molecule has 5 nitrogen and oxygen atoms in total. The van der Waals surface area contributed by atoms with E-state index in [2.05, 4.69) is 35.5 Å². The van der Waals surface area contributed by atoms with E-state index in [1.807, 2.05) is 0 Å². The first-order valence-electron chi connectivity index (χ1n) is 9.25. The van der Waals surface area contributed by atoms with E-state index in [1.165, 1.54) is 34.7 Å². The fourth-order valence-corrected chi connectivity index (χ4v) is 4.59. The number of thiophene rings is 1. The number of nitrogens with one attached hydrogen (secondary N) is 2. The van der Waals surface area contributed by atoms with Gasteiger partial charge in [0.1, 0.15) is 0 Å². The molecule has 1 aromatic heterocycles. The maximum atomic E-state index is 12.3. The molecular weight excluding hydrogens is 403 g/mol. The Morgan fingerprint density at radius 1 is 1.17 bits per heavy atom. The van der Waals surface area contributed by atoms with Crippen LogP contribution in [0.2, 0.25) is 0 Å². The summed E-state index contributed by atoms with van der Waals surface area (Å²) in [6.07, 6.45) is -3.97. The molecule has 0 saturated carbocycles. The average molecular weight is 425 g/mol. The molecule has 2 amide bonds. The van der Waals surface area contributed by atoms with Gasteiger partial charge in [0.2, 0.25) is 0 Å². The summed E-state index contributed by atoms with van der Waals surface area (Å²) in [4.78, 5) is 27.0. The van der Waals surface area contributed by atoms with Crippen LogP contribution < -0.4 is 10.6 Å². The largest absolute Gasteiger partial charge is 0.471 e. The average Bonchev–Trinajstić information content (AvgIpc) is 3.12. The minimum absolute atomic E-state index is 0.0217. The van der Waals surface area contributed by atoms with Crippen LogP contribution in [0.4, 0.5) is 18.9 Å². The Labute approximate surface area is 170 Å². The third-order valence-corrected chi connectivity index (χ3v) is 6.19. The smallest absolute Gasteiger partial charge is 0.351 e. The SMILES string of the molecule is C[C@@H]1Cc2ccsc2[C@H](C)N1CCNC(=O)c1ccc(NC(=O)C(F)(F)F)cc1. The molecule has 1 aromatic carbocycles. The summed E-state index contributed by atoms with van der Waals surface area (Å²) in [6, 6.07) is 8.14. The van der Waals surface area contributed by atoms with E-state index in [-0.39, 0.29) is 11.6 Å². The van der Waals surface area contributed by atoms with E-state index in [9.17, 15) is 22.8 Å². The van der Waals surface area contributed by atoms with Gasteiger partial charge in [-0.25, -0.2) is 0 Å². The number of nitrogens with zero attached hydrogens (tertiary/aromatic N) is 1. The molecular formula is C20H22F3N3O2S. The minimum atomic E-state index is -4.96. The zero-order valence-electron chi connectivity index (χ0n) is 16.0. The Hall–Kier alpha value is -2.39. The van der Waals surface area contributed by atoms with Gasteiger partial charge in [-0.15, -0.1) is 11.3 Å². The van der Waals surface area contributed by atoms with E-state index in [0.717, 1.165) is 6.42 Å². The molecule has 0 spiro atoms. The second kappa shape index (κ2) is 8.54. The summed E-state index contributed by atoms with van der Waals surface area (Å²) in [5.74, 6) is -2.36. The van der Waals surface area contributed by atoms with Gasteiger partial charge < -0.3 is 10.6 Å². The third kappa shape index (κ3) is 4.97. The van der Waals surface area contributed by atoms with Crippen LogP contribution in [0.5, 0.6) is 0 Å². The van der Waals surface area contributed by atoms with Gasteiger partial charge in [-0.1, -0.05) is 0 Å². The normalized spacial score (nSPS) is 19.5. The molecule has 0 bridgehead atoms. The van der Waals surface area contributed by atoms with Gasteiger partial charge in [-0.2, -0.15) is 13.2 Å². The van der Waals surface area contributed by atoms with Gasteiger partial charge in [0.25, 0.3) is 5.91 Å². The molecule has 2 N–H and O–H groups in total. The first kappa shape index (κ1) is 21.3. The van der Waals surface area contributed by atoms with E-state index in [1.54, 1.807) is 16.7 Å². The highest BCUT2D eigenvalue weighted by atomic mass is 32.1. The number of hydrogen-bond donors (Lipinski definition) is 2. The van der Waals surface area contributed by atoms with Crippen LogP contribution in [-0.4, -0.2) is 42.0 Å². The number of hydrogen-bond acceptors (Lipinski definition) is 4. The Kier molecular flexibility index (Phi) is 6.28. The van der Waals surface area contributed by atoms with Crippen molar-refractivity contribution >= 4 is 28.8 Å². The molecule has 0 unspecified atom stereocenters. The van der Waals surface area contributed by atoms with Crippen LogP contribution in [0.25, 0.3) is 0 Å². The zero-order valence-corrected chi connectivity index (χ0v) is 16.9. The van der Waals surface area contributed by atoms with Crippen LogP contribution in [-0.2, 0) is 11.2 Å². The van der Waals surface area contributed by atoms with Crippen molar-refractivity contribution in [2.45, 2.75) is 38.5 Å². The lowest BCUT2D eigenvalue weighted by atomic mass is 9.97. The summed E-state index contributed by atoms with van der Waals surface area (Å²) in [5, 5.41) is 6.70. The van der Waals surface area contributed by atoms with E-state index >= 15 is 0 Å². The highest BCUT2D eigenvalue weighted by Gasteiger charge is 2.38. The van der Waals surface area contributed by atoms with Crippen LogP contribution in [0.15, 0.2) is 35.7 Å². The number of carbonyl (C=O) groups is 2. The first-order chi connectivity index (χ1) is 13.7. The lowest BCUT2D eigenvalue weighted by Gasteiger charge is -2.38. The predicted molar refractivity (Wildman–Crippen MR) is 106 cm³/mol. The lowest BCUT2D eigenvalue weighted by molar-refractivity contribution is -0.167. The molecule has 0 saturated heterocycles. The van der Waals surface area contributed by atoms with Crippen molar-refractivity contribution in [3.8, 4) is 0 Å². The van der Waals surface area contributed by atoms with Crippen molar-refractivity contribution in [2.24, 2.45) is 0 Å². The van der Waals surface area contributed by atoms with Crippen molar-refractivity contribution in [1.82, 2.24) is 10.2 Å². The molecule has 2 aromatic rings. The van der Waals surface area contributed by atoms with Gasteiger partial charge in [-0.3, -0.25) is 14.5 Å². The fourth-order valence-electron chi connectivity index (χ4n) is 3.57. The highest BCUT2D eigenvalue weighted by molar-refractivity contribution is 7.10. The molecule has 1 aliphatic heterocycles. The molecule has 29 heavy (non-hydrogen) atoms.